The maximum Gasteiger partial charge on any atom is 0.261 e. The van der Waals surface area contributed by atoms with Gasteiger partial charge in [0.25, 0.3) is 5.56 Å². The lowest BCUT2D eigenvalue weighted by atomic mass is 10.0. The van der Waals surface area contributed by atoms with E-state index in [1.807, 2.05) is 0 Å². The highest BCUT2D eigenvalue weighted by Gasteiger charge is 2.13. The first-order chi connectivity index (χ1) is 7.57. The summed E-state index contributed by atoms with van der Waals surface area (Å²) in [5.41, 5.74) is 0.369. The van der Waals surface area contributed by atoms with E-state index in [1.165, 1.54) is 17.7 Å². The van der Waals surface area contributed by atoms with Gasteiger partial charge in [-0.25, -0.2) is 4.39 Å². The van der Waals surface area contributed by atoms with Crippen LogP contribution in [0.15, 0.2) is 23.0 Å². The summed E-state index contributed by atoms with van der Waals surface area (Å²) in [7, 11) is 1.46. The Morgan fingerprint density at radius 2 is 2.06 bits per heavy atom. The molecular formula is C12H10FNO2. The zero-order valence-electron chi connectivity index (χ0n) is 8.95. The lowest BCUT2D eigenvalue weighted by molar-refractivity contribution is 0.112. The van der Waals surface area contributed by atoms with Crippen molar-refractivity contribution in [1.82, 2.24) is 4.57 Å². The number of fused-ring (bicyclic) bond motifs is 1. The number of carbonyl (C=O) groups is 1. The smallest absolute Gasteiger partial charge is 0.261 e. The average Bonchev–Trinajstić information content (AvgIpc) is 2.27. The molecule has 0 saturated heterocycles. The molecule has 0 unspecified atom stereocenters. The molecule has 16 heavy (non-hydrogen) atoms. The number of halogens is 1. The second kappa shape index (κ2) is 3.56. The van der Waals surface area contributed by atoms with Crippen molar-refractivity contribution in [3.8, 4) is 0 Å². The van der Waals surface area contributed by atoms with E-state index >= 15 is 0 Å². The van der Waals surface area contributed by atoms with Gasteiger partial charge >= 0.3 is 0 Å². The average molecular weight is 219 g/mol. The third-order valence-electron chi connectivity index (χ3n) is 2.78. The van der Waals surface area contributed by atoms with Crippen LogP contribution in [0, 0.1) is 12.7 Å². The first-order valence-corrected chi connectivity index (χ1v) is 4.81. The molecular weight excluding hydrogens is 209 g/mol. The van der Waals surface area contributed by atoms with Crippen molar-refractivity contribution < 1.29 is 9.18 Å². The van der Waals surface area contributed by atoms with Crippen LogP contribution in [0.4, 0.5) is 4.39 Å². The summed E-state index contributed by atoms with van der Waals surface area (Å²) in [5.74, 6) is -0.461. The summed E-state index contributed by atoms with van der Waals surface area (Å²) in [6.45, 7) is 1.65. The minimum atomic E-state index is -0.467. The fourth-order valence-electron chi connectivity index (χ4n) is 1.89. The van der Waals surface area contributed by atoms with Gasteiger partial charge in [0, 0.05) is 12.4 Å². The van der Waals surface area contributed by atoms with Crippen LogP contribution in [-0.4, -0.2) is 10.9 Å². The van der Waals surface area contributed by atoms with Gasteiger partial charge in [0.05, 0.1) is 11.1 Å². The number of carbonyl (C=O) groups excluding carboxylic acids is 1. The molecule has 0 fully saturated rings. The molecule has 0 aliphatic carbocycles. The summed E-state index contributed by atoms with van der Waals surface area (Å²) in [4.78, 5) is 22.6. The van der Waals surface area contributed by atoms with Gasteiger partial charge in [-0.05, 0) is 18.6 Å². The molecule has 1 heterocycles. The van der Waals surface area contributed by atoms with Gasteiger partial charge in [0.15, 0.2) is 6.29 Å². The van der Waals surface area contributed by atoms with Crippen molar-refractivity contribution in [2.24, 2.45) is 7.05 Å². The maximum absolute atomic E-state index is 13.6. The summed E-state index contributed by atoms with van der Waals surface area (Å²) in [6, 6.07) is 4.55. The molecule has 0 aliphatic heterocycles. The molecule has 1 aromatic carbocycles. The van der Waals surface area contributed by atoms with E-state index in [0.717, 1.165) is 0 Å². The van der Waals surface area contributed by atoms with Crippen LogP contribution >= 0.6 is 0 Å². The van der Waals surface area contributed by atoms with E-state index in [-0.39, 0.29) is 11.1 Å². The predicted octanol–water partition coefficient (Wildman–Crippen LogP) is 1.80. The molecule has 2 aromatic rings. The van der Waals surface area contributed by atoms with Gasteiger partial charge in [0.1, 0.15) is 5.82 Å². The number of aromatic nitrogens is 1. The third kappa shape index (κ3) is 1.26. The van der Waals surface area contributed by atoms with E-state index in [1.54, 1.807) is 19.1 Å². The molecule has 3 nitrogen and oxygen atoms in total. The van der Waals surface area contributed by atoms with Crippen LogP contribution in [0.3, 0.4) is 0 Å². The molecule has 0 amide bonds. The largest absolute Gasteiger partial charge is 0.308 e. The Labute approximate surface area is 91.1 Å². The fraction of sp³-hybridized carbons (Fsp3) is 0.167. The number of hydrogen-bond acceptors (Lipinski definition) is 2. The molecule has 0 spiro atoms. The van der Waals surface area contributed by atoms with Crippen LogP contribution in [-0.2, 0) is 7.05 Å². The van der Waals surface area contributed by atoms with Gasteiger partial charge in [-0.15, -0.1) is 0 Å². The molecule has 2 rings (SSSR count). The van der Waals surface area contributed by atoms with Gasteiger partial charge < -0.3 is 4.57 Å². The SMILES string of the molecule is Cc1c(C=O)c(=O)n(C)c2c(F)cccc12. The minimum Gasteiger partial charge on any atom is -0.308 e. The highest BCUT2D eigenvalue weighted by atomic mass is 19.1. The Hall–Kier alpha value is -1.97. The third-order valence-corrected chi connectivity index (χ3v) is 2.78. The topological polar surface area (TPSA) is 39.1 Å². The number of benzene rings is 1. The second-order valence-electron chi connectivity index (χ2n) is 3.66. The van der Waals surface area contributed by atoms with Gasteiger partial charge in [0.2, 0.25) is 0 Å². The van der Waals surface area contributed by atoms with E-state index in [4.69, 9.17) is 0 Å². The number of nitrogens with zero attached hydrogens (tertiary/aromatic N) is 1. The first-order valence-electron chi connectivity index (χ1n) is 4.81. The van der Waals surface area contributed by atoms with Crippen molar-refractivity contribution in [3.05, 3.63) is 45.5 Å². The zero-order chi connectivity index (χ0) is 11.9. The molecule has 0 N–H and O–H groups in total. The highest BCUT2D eigenvalue weighted by molar-refractivity contribution is 5.90. The molecule has 0 aliphatic rings. The van der Waals surface area contributed by atoms with E-state index in [2.05, 4.69) is 0 Å². The molecule has 0 saturated carbocycles. The fourth-order valence-corrected chi connectivity index (χ4v) is 1.89. The van der Waals surface area contributed by atoms with Gasteiger partial charge in [-0.1, -0.05) is 12.1 Å². The molecule has 0 radical (unpaired) electrons. The number of hydrogen-bond donors (Lipinski definition) is 0. The number of pyridine rings is 1. The Morgan fingerprint density at radius 3 is 2.69 bits per heavy atom. The van der Waals surface area contributed by atoms with Gasteiger partial charge in [-0.2, -0.15) is 0 Å². The Kier molecular flexibility index (Phi) is 2.34. The van der Waals surface area contributed by atoms with E-state index in [9.17, 15) is 14.0 Å². The molecule has 1 aromatic heterocycles. The molecule has 0 bridgehead atoms. The van der Waals surface area contributed by atoms with E-state index in [0.29, 0.717) is 17.2 Å². The first kappa shape index (κ1) is 10.5. The normalized spacial score (nSPS) is 10.7. The van der Waals surface area contributed by atoms with Crippen molar-refractivity contribution >= 4 is 17.2 Å². The van der Waals surface area contributed by atoms with Crippen molar-refractivity contribution in [3.63, 3.8) is 0 Å². The summed E-state index contributed by atoms with van der Waals surface area (Å²) in [6.07, 6.45) is 0.516. The standard InChI is InChI=1S/C12H10FNO2/c1-7-8-4-3-5-10(13)11(8)14(2)12(16)9(7)6-15/h3-6H,1-2H3. The molecule has 4 heteroatoms. The zero-order valence-corrected chi connectivity index (χ0v) is 8.95. The number of para-hydroxylation sites is 1. The minimum absolute atomic E-state index is 0.0839. The summed E-state index contributed by atoms with van der Waals surface area (Å²) < 4.78 is 14.8. The maximum atomic E-state index is 13.6. The second-order valence-corrected chi connectivity index (χ2v) is 3.66. The summed E-state index contributed by atoms with van der Waals surface area (Å²) >= 11 is 0. The number of aryl methyl sites for hydroxylation is 2. The van der Waals surface area contributed by atoms with E-state index < -0.39 is 11.4 Å². The number of rotatable bonds is 1. The van der Waals surface area contributed by atoms with Crippen molar-refractivity contribution in [2.45, 2.75) is 6.92 Å². The monoisotopic (exact) mass is 219 g/mol. The van der Waals surface area contributed by atoms with Crippen LogP contribution in [0.1, 0.15) is 15.9 Å². The van der Waals surface area contributed by atoms with Crippen LogP contribution in [0.5, 0.6) is 0 Å². The van der Waals surface area contributed by atoms with Crippen LogP contribution in [0.2, 0.25) is 0 Å². The van der Waals surface area contributed by atoms with Crippen LogP contribution < -0.4 is 5.56 Å². The molecule has 0 atom stereocenters. The summed E-state index contributed by atoms with van der Waals surface area (Å²) in [5, 5.41) is 0.587. The lowest BCUT2D eigenvalue weighted by Gasteiger charge is -2.10. The van der Waals surface area contributed by atoms with Crippen molar-refractivity contribution in [2.75, 3.05) is 0 Å². The molecule has 82 valence electrons. The Morgan fingerprint density at radius 1 is 1.38 bits per heavy atom. The Bertz CT molecular complexity index is 643. The number of aldehydes is 1. The Balaban J connectivity index is 3.14. The van der Waals surface area contributed by atoms with Gasteiger partial charge in [-0.3, -0.25) is 9.59 Å². The van der Waals surface area contributed by atoms with Crippen LogP contribution in [0.25, 0.3) is 10.9 Å². The predicted molar refractivity (Wildman–Crippen MR) is 59.3 cm³/mol. The lowest BCUT2D eigenvalue weighted by Crippen LogP contribution is -2.23. The quantitative estimate of drug-likeness (QED) is 0.686. The highest BCUT2D eigenvalue weighted by Crippen LogP contribution is 2.20. The van der Waals surface area contributed by atoms with Crippen molar-refractivity contribution in [1.29, 1.82) is 0 Å².